The monoisotopic (exact) mass is 536 g/mol. The predicted octanol–water partition coefficient (Wildman–Crippen LogP) is 3.62. The fourth-order valence-corrected chi connectivity index (χ4v) is 2.75. The summed E-state index contributed by atoms with van der Waals surface area (Å²) in [6.45, 7) is 8.01. The number of ether oxygens (including phenoxy) is 1. The minimum Gasteiger partial charge on any atom is -0.489 e. The number of rotatable bonds is 9. The number of guanidine groups is 1. The molecule has 1 atom stereocenters. The highest BCUT2D eigenvalue weighted by Crippen LogP contribution is 2.17. The maximum atomic E-state index is 5.99. The van der Waals surface area contributed by atoms with Crippen molar-refractivity contribution in [1.82, 2.24) is 25.8 Å². The average molecular weight is 536 g/mol. The molecule has 2 aromatic heterocycles. The molecule has 0 saturated carbocycles. The van der Waals surface area contributed by atoms with Crippen LogP contribution in [-0.4, -0.2) is 46.8 Å². The van der Waals surface area contributed by atoms with Crippen LogP contribution in [0.1, 0.15) is 25.2 Å². The lowest BCUT2D eigenvalue weighted by Gasteiger charge is -2.16. The predicted molar refractivity (Wildman–Crippen MR) is 132 cm³/mol. The number of benzene rings is 1. The van der Waals surface area contributed by atoms with Crippen molar-refractivity contribution in [3.05, 3.63) is 60.0 Å². The lowest BCUT2D eigenvalue weighted by Crippen LogP contribution is -2.39. The van der Waals surface area contributed by atoms with E-state index in [0.29, 0.717) is 36.9 Å². The van der Waals surface area contributed by atoms with Crippen molar-refractivity contribution in [2.24, 2.45) is 4.99 Å². The molecule has 1 aromatic carbocycles. The van der Waals surface area contributed by atoms with Gasteiger partial charge in [-0.05, 0) is 44.5 Å². The fourth-order valence-electron chi connectivity index (χ4n) is 2.75. The van der Waals surface area contributed by atoms with Crippen LogP contribution < -0.4 is 15.4 Å². The summed E-state index contributed by atoms with van der Waals surface area (Å²) in [6.07, 6.45) is 2.26. The Balaban J connectivity index is 0.00000341. The molecule has 9 heteroatoms. The van der Waals surface area contributed by atoms with E-state index in [9.17, 15) is 0 Å². The second-order valence-corrected chi connectivity index (χ2v) is 6.82. The molecule has 0 aliphatic heterocycles. The molecule has 166 valence electrons. The zero-order valence-electron chi connectivity index (χ0n) is 18.0. The van der Waals surface area contributed by atoms with Crippen LogP contribution >= 0.6 is 24.0 Å². The van der Waals surface area contributed by atoms with Gasteiger partial charge in [0.05, 0.1) is 6.54 Å². The Morgan fingerprint density at radius 2 is 1.97 bits per heavy atom. The van der Waals surface area contributed by atoms with E-state index in [1.165, 1.54) is 0 Å². The van der Waals surface area contributed by atoms with Gasteiger partial charge in [-0.3, -0.25) is 4.98 Å². The van der Waals surface area contributed by atoms with E-state index in [1.54, 1.807) is 6.20 Å². The number of aryl methyl sites for hydroxylation is 1. The number of nitrogens with zero attached hydrogens (tertiary/aromatic N) is 4. The molecule has 31 heavy (non-hydrogen) atoms. The third-order valence-electron chi connectivity index (χ3n) is 4.27. The summed E-state index contributed by atoms with van der Waals surface area (Å²) < 4.78 is 11.3. The molecule has 0 amide bonds. The Bertz CT molecular complexity index is 948. The SMILES string of the molecule is CCNC(=NCC(C)Oc1ccccc1C)NCCc1noc(-c2ccccn2)n1.I. The quantitative estimate of drug-likeness (QED) is 0.245. The van der Waals surface area contributed by atoms with Crippen LogP contribution in [-0.2, 0) is 6.42 Å². The largest absolute Gasteiger partial charge is 0.489 e. The molecule has 3 rings (SSSR count). The Morgan fingerprint density at radius 1 is 1.16 bits per heavy atom. The van der Waals surface area contributed by atoms with Gasteiger partial charge in [-0.25, -0.2) is 4.99 Å². The molecule has 0 aliphatic rings. The molecule has 0 bridgehead atoms. The Kier molecular flexibility index (Phi) is 10.2. The Morgan fingerprint density at radius 3 is 2.71 bits per heavy atom. The van der Waals surface area contributed by atoms with E-state index < -0.39 is 0 Å². The second-order valence-electron chi connectivity index (χ2n) is 6.82. The zero-order valence-corrected chi connectivity index (χ0v) is 20.4. The molecule has 0 aliphatic carbocycles. The first-order valence-corrected chi connectivity index (χ1v) is 10.1. The van der Waals surface area contributed by atoms with Gasteiger partial charge in [0.25, 0.3) is 5.89 Å². The van der Waals surface area contributed by atoms with Gasteiger partial charge in [-0.2, -0.15) is 4.98 Å². The van der Waals surface area contributed by atoms with E-state index in [4.69, 9.17) is 9.26 Å². The van der Waals surface area contributed by atoms with Gasteiger partial charge in [-0.1, -0.05) is 29.4 Å². The van der Waals surface area contributed by atoms with Gasteiger partial charge >= 0.3 is 0 Å². The van der Waals surface area contributed by atoms with E-state index >= 15 is 0 Å². The maximum Gasteiger partial charge on any atom is 0.276 e. The highest BCUT2D eigenvalue weighted by atomic mass is 127. The summed E-state index contributed by atoms with van der Waals surface area (Å²) in [5, 5.41) is 10.6. The van der Waals surface area contributed by atoms with Crippen molar-refractivity contribution in [1.29, 1.82) is 0 Å². The van der Waals surface area contributed by atoms with Crippen molar-refractivity contribution in [3.63, 3.8) is 0 Å². The number of nitrogens with one attached hydrogen (secondary N) is 2. The summed E-state index contributed by atoms with van der Waals surface area (Å²) in [6, 6.07) is 13.6. The minimum atomic E-state index is -0.0420. The molecular formula is C22H29IN6O2. The summed E-state index contributed by atoms with van der Waals surface area (Å²) in [4.78, 5) is 13.2. The topological polar surface area (TPSA) is 97.5 Å². The minimum absolute atomic E-state index is 0. The molecular weight excluding hydrogens is 507 g/mol. The van der Waals surface area contributed by atoms with Crippen molar-refractivity contribution in [3.8, 4) is 17.3 Å². The van der Waals surface area contributed by atoms with Crippen LogP contribution in [0.2, 0.25) is 0 Å². The van der Waals surface area contributed by atoms with Crippen LogP contribution in [0.3, 0.4) is 0 Å². The van der Waals surface area contributed by atoms with Crippen molar-refractivity contribution in [2.45, 2.75) is 33.3 Å². The van der Waals surface area contributed by atoms with E-state index in [2.05, 4.69) is 30.8 Å². The van der Waals surface area contributed by atoms with Crippen molar-refractivity contribution < 1.29 is 9.26 Å². The Labute approximate surface area is 199 Å². The number of hydrogen-bond donors (Lipinski definition) is 2. The van der Waals surface area contributed by atoms with Gasteiger partial charge in [0.2, 0.25) is 0 Å². The fraction of sp³-hybridized carbons (Fsp3) is 0.364. The first-order valence-electron chi connectivity index (χ1n) is 10.1. The van der Waals surface area contributed by atoms with E-state index in [-0.39, 0.29) is 30.1 Å². The summed E-state index contributed by atoms with van der Waals surface area (Å²) in [7, 11) is 0. The highest BCUT2D eigenvalue weighted by Gasteiger charge is 2.10. The third-order valence-corrected chi connectivity index (χ3v) is 4.27. The van der Waals surface area contributed by atoms with Gasteiger partial charge in [-0.15, -0.1) is 24.0 Å². The van der Waals surface area contributed by atoms with Crippen molar-refractivity contribution in [2.75, 3.05) is 19.6 Å². The smallest absolute Gasteiger partial charge is 0.276 e. The molecule has 3 aromatic rings. The van der Waals surface area contributed by atoms with Gasteiger partial charge in [0, 0.05) is 25.7 Å². The molecule has 2 N–H and O–H groups in total. The number of halogens is 1. The number of aromatic nitrogens is 3. The summed E-state index contributed by atoms with van der Waals surface area (Å²) in [5.41, 5.74) is 1.78. The normalized spacial score (nSPS) is 12.0. The van der Waals surface area contributed by atoms with Crippen LogP contribution in [0.4, 0.5) is 0 Å². The zero-order chi connectivity index (χ0) is 21.2. The third kappa shape index (κ3) is 7.82. The molecule has 2 heterocycles. The molecule has 1 unspecified atom stereocenters. The van der Waals surface area contributed by atoms with Crippen LogP contribution in [0, 0.1) is 6.92 Å². The van der Waals surface area contributed by atoms with Crippen LogP contribution in [0.15, 0.2) is 58.2 Å². The highest BCUT2D eigenvalue weighted by molar-refractivity contribution is 14.0. The molecule has 0 fully saturated rings. The lowest BCUT2D eigenvalue weighted by atomic mass is 10.2. The van der Waals surface area contributed by atoms with E-state index in [0.717, 1.165) is 23.8 Å². The van der Waals surface area contributed by atoms with Gasteiger partial charge in [0.1, 0.15) is 17.5 Å². The first-order chi connectivity index (χ1) is 14.7. The van der Waals surface area contributed by atoms with Crippen LogP contribution in [0.5, 0.6) is 5.75 Å². The number of pyridine rings is 1. The lowest BCUT2D eigenvalue weighted by molar-refractivity contribution is 0.228. The first kappa shape index (κ1) is 24.6. The number of para-hydroxylation sites is 1. The van der Waals surface area contributed by atoms with Crippen molar-refractivity contribution >= 4 is 29.9 Å². The molecule has 0 saturated heterocycles. The maximum absolute atomic E-state index is 5.99. The van der Waals surface area contributed by atoms with E-state index in [1.807, 2.05) is 63.2 Å². The second kappa shape index (κ2) is 12.9. The summed E-state index contributed by atoms with van der Waals surface area (Å²) >= 11 is 0. The standard InChI is InChI=1S/C22H28N6O2.HI/c1-4-23-22(26-15-17(3)29-19-11-6-5-9-16(19)2)25-14-12-20-27-21(30-28-20)18-10-7-8-13-24-18;/h5-11,13,17H,4,12,14-15H2,1-3H3,(H2,23,25,26);1H. The molecule has 0 spiro atoms. The van der Waals surface area contributed by atoms with Gasteiger partial charge < -0.3 is 19.9 Å². The average Bonchev–Trinajstić information content (AvgIpc) is 3.23. The van der Waals surface area contributed by atoms with Gasteiger partial charge in [0.15, 0.2) is 11.8 Å². The number of hydrogen-bond acceptors (Lipinski definition) is 6. The molecule has 0 radical (unpaired) electrons. The Hall–Kier alpha value is -2.69. The number of aliphatic imine (C=N–C) groups is 1. The molecule has 8 nitrogen and oxygen atoms in total. The van der Waals surface area contributed by atoms with Crippen LogP contribution in [0.25, 0.3) is 11.6 Å². The summed E-state index contributed by atoms with van der Waals surface area (Å²) in [5.74, 6) is 2.66.